The van der Waals surface area contributed by atoms with Crippen molar-refractivity contribution < 1.29 is 42.4 Å². The van der Waals surface area contributed by atoms with Crippen molar-refractivity contribution in [1.29, 1.82) is 0 Å². The average molecular weight is 569 g/mol. The number of halogens is 3. The van der Waals surface area contributed by atoms with Crippen molar-refractivity contribution in [2.24, 2.45) is 5.92 Å². The predicted octanol–water partition coefficient (Wildman–Crippen LogP) is 6.55. The lowest BCUT2D eigenvalue weighted by atomic mass is 9.91. The monoisotopic (exact) mass is 568 g/mol. The molecule has 41 heavy (non-hydrogen) atoms. The maximum absolute atomic E-state index is 14.1. The van der Waals surface area contributed by atoms with Gasteiger partial charge in [0, 0.05) is 26.1 Å². The number of carboxylic acids is 1. The van der Waals surface area contributed by atoms with E-state index in [2.05, 4.69) is 0 Å². The lowest BCUT2D eigenvalue weighted by molar-refractivity contribution is -0.139. The van der Waals surface area contributed by atoms with Gasteiger partial charge in [-0.1, -0.05) is 30.3 Å². The third kappa shape index (κ3) is 5.78. The minimum absolute atomic E-state index is 0.0144. The van der Waals surface area contributed by atoms with E-state index in [-0.39, 0.29) is 24.0 Å². The molecule has 9 heteroatoms. The quantitative estimate of drug-likeness (QED) is 0.321. The number of rotatable bonds is 8. The van der Waals surface area contributed by atoms with Gasteiger partial charge in [-0.3, -0.25) is 4.79 Å². The number of hydrogen-bond acceptors (Lipinski definition) is 5. The third-order valence-corrected chi connectivity index (χ3v) is 8.43. The smallest absolute Gasteiger partial charge is 0.417 e. The first kappa shape index (κ1) is 27.6. The molecule has 3 atom stereocenters. The van der Waals surface area contributed by atoms with Gasteiger partial charge in [0.2, 0.25) is 0 Å². The van der Waals surface area contributed by atoms with E-state index in [1.165, 1.54) is 6.07 Å². The van der Waals surface area contributed by atoms with E-state index in [0.717, 1.165) is 17.2 Å². The zero-order chi connectivity index (χ0) is 28.8. The largest absolute Gasteiger partial charge is 0.491 e. The summed E-state index contributed by atoms with van der Waals surface area (Å²) in [6.45, 7) is 1.01. The second-order valence-corrected chi connectivity index (χ2v) is 11.2. The molecular formula is C32H31F3O6. The fraction of sp³-hybridized carbons (Fsp3) is 0.406. The topological polar surface area (TPSA) is 85.2 Å². The van der Waals surface area contributed by atoms with Crippen LogP contribution in [0, 0.1) is 5.92 Å². The van der Waals surface area contributed by atoms with Gasteiger partial charge in [0.05, 0.1) is 11.5 Å². The maximum atomic E-state index is 14.1. The minimum Gasteiger partial charge on any atom is -0.491 e. The number of carbonyl (C=O) groups is 1. The maximum Gasteiger partial charge on any atom is 0.417 e. The van der Waals surface area contributed by atoms with Gasteiger partial charge in [-0.15, -0.1) is 0 Å². The number of fused-ring (bicyclic) bond motifs is 1. The van der Waals surface area contributed by atoms with Crippen LogP contribution in [0.4, 0.5) is 13.2 Å². The lowest BCUT2D eigenvalue weighted by Gasteiger charge is -2.31. The van der Waals surface area contributed by atoms with E-state index in [1.54, 1.807) is 36.4 Å². The van der Waals surface area contributed by atoms with Crippen LogP contribution < -0.4 is 9.47 Å². The van der Waals surface area contributed by atoms with Gasteiger partial charge in [0.1, 0.15) is 29.8 Å². The van der Waals surface area contributed by atoms with Crippen molar-refractivity contribution in [3.8, 4) is 22.6 Å². The first-order valence-corrected chi connectivity index (χ1v) is 13.9. The zero-order valence-electron chi connectivity index (χ0n) is 22.3. The molecule has 0 unspecified atom stereocenters. The van der Waals surface area contributed by atoms with Crippen LogP contribution in [0.2, 0.25) is 0 Å². The third-order valence-electron chi connectivity index (χ3n) is 8.43. The molecule has 3 aliphatic rings. The Morgan fingerprint density at radius 3 is 2.29 bits per heavy atom. The Labute approximate surface area is 235 Å². The van der Waals surface area contributed by atoms with Crippen molar-refractivity contribution in [3.63, 3.8) is 0 Å². The highest BCUT2D eigenvalue weighted by Crippen LogP contribution is 2.49. The molecule has 0 amide bonds. The fourth-order valence-corrected chi connectivity index (χ4v) is 5.98. The first-order chi connectivity index (χ1) is 19.6. The Bertz CT molecular complexity index is 1410. The van der Waals surface area contributed by atoms with Crippen LogP contribution in [-0.2, 0) is 22.1 Å². The highest BCUT2D eigenvalue weighted by atomic mass is 19.4. The van der Waals surface area contributed by atoms with E-state index in [1.807, 2.05) is 12.1 Å². The highest BCUT2D eigenvalue weighted by Gasteiger charge is 2.44. The van der Waals surface area contributed by atoms with Gasteiger partial charge in [0.25, 0.3) is 0 Å². The zero-order valence-corrected chi connectivity index (χ0v) is 22.3. The van der Waals surface area contributed by atoms with Crippen molar-refractivity contribution in [3.05, 3.63) is 82.9 Å². The molecular weight excluding hydrogens is 537 g/mol. The first-order valence-electron chi connectivity index (χ1n) is 13.9. The molecule has 3 aromatic carbocycles. The van der Waals surface area contributed by atoms with E-state index in [4.69, 9.17) is 14.2 Å². The Hall–Kier alpha value is -3.56. The van der Waals surface area contributed by atoms with Crippen LogP contribution in [0.3, 0.4) is 0 Å². The van der Waals surface area contributed by atoms with Crippen LogP contribution in [-0.4, -0.2) is 41.6 Å². The summed E-state index contributed by atoms with van der Waals surface area (Å²) in [5, 5.41) is 19.8. The Morgan fingerprint density at radius 2 is 1.66 bits per heavy atom. The summed E-state index contributed by atoms with van der Waals surface area (Å²) in [4.78, 5) is 11.2. The van der Waals surface area contributed by atoms with Gasteiger partial charge in [-0.05, 0) is 83.3 Å². The number of alkyl halides is 3. The molecule has 0 aromatic heterocycles. The van der Waals surface area contributed by atoms with Crippen molar-refractivity contribution in [2.75, 3.05) is 19.8 Å². The van der Waals surface area contributed by atoms with Crippen LogP contribution in [0.5, 0.6) is 11.5 Å². The molecule has 0 spiro atoms. The molecule has 2 aliphatic carbocycles. The standard InChI is InChI=1S/C32H31F3O6/c33-32(34,35)27-11-9-23-24(10-12-28(23)41-22-7-1-19(2-8-22)25-17-26(25)30(36)37)29(27)20-3-5-21(6-4-20)40-18-31(38)13-15-39-16-14-31/h1-9,11,25-26,28,38H,10,12-18H2,(H,36,37)/t25-,26+,28-/m1/s1. The van der Waals surface area contributed by atoms with Gasteiger partial charge in [0.15, 0.2) is 0 Å². The Kier molecular flexibility index (Phi) is 7.20. The molecule has 2 fully saturated rings. The van der Waals surface area contributed by atoms with Gasteiger partial charge in [-0.25, -0.2) is 0 Å². The van der Waals surface area contributed by atoms with Crippen molar-refractivity contribution in [1.82, 2.24) is 0 Å². The molecule has 2 N–H and O–H groups in total. The summed E-state index contributed by atoms with van der Waals surface area (Å²) in [5.41, 5.74) is 1.22. The average Bonchev–Trinajstić information content (AvgIpc) is 3.67. The molecule has 3 aromatic rings. The summed E-state index contributed by atoms with van der Waals surface area (Å²) in [6.07, 6.45) is -2.39. The predicted molar refractivity (Wildman–Crippen MR) is 144 cm³/mol. The summed E-state index contributed by atoms with van der Waals surface area (Å²) in [6, 6.07) is 16.5. The minimum atomic E-state index is -4.53. The number of ether oxygens (including phenoxy) is 3. The van der Waals surface area contributed by atoms with Gasteiger partial charge < -0.3 is 24.4 Å². The molecule has 1 aliphatic heterocycles. The number of benzene rings is 3. The van der Waals surface area contributed by atoms with Crippen LogP contribution >= 0.6 is 0 Å². The van der Waals surface area contributed by atoms with Crippen molar-refractivity contribution in [2.45, 2.75) is 55.9 Å². The van der Waals surface area contributed by atoms with Crippen LogP contribution in [0.25, 0.3) is 11.1 Å². The van der Waals surface area contributed by atoms with E-state index in [0.29, 0.717) is 67.9 Å². The summed E-state index contributed by atoms with van der Waals surface area (Å²) >= 11 is 0. The number of aliphatic carboxylic acids is 1. The molecule has 0 bridgehead atoms. The number of hydrogen-bond donors (Lipinski definition) is 2. The number of carboxylic acid groups (broad SMARTS) is 1. The molecule has 216 valence electrons. The highest BCUT2D eigenvalue weighted by molar-refractivity contribution is 5.76. The molecule has 1 heterocycles. The van der Waals surface area contributed by atoms with Crippen LogP contribution in [0.1, 0.15) is 60.0 Å². The molecule has 0 radical (unpaired) electrons. The molecule has 6 nitrogen and oxygen atoms in total. The van der Waals surface area contributed by atoms with E-state index >= 15 is 0 Å². The normalized spacial score (nSPS) is 23.1. The molecule has 1 saturated heterocycles. The van der Waals surface area contributed by atoms with Gasteiger partial charge in [-0.2, -0.15) is 13.2 Å². The SMILES string of the molecule is O=C(O)[C@H]1C[C@@H]1c1ccc(O[C@@H]2CCc3c2ccc(C(F)(F)F)c3-c2ccc(OCC3(O)CCOCC3)cc2)cc1. The van der Waals surface area contributed by atoms with Crippen molar-refractivity contribution >= 4 is 5.97 Å². The second-order valence-electron chi connectivity index (χ2n) is 11.2. The summed E-state index contributed by atoms with van der Waals surface area (Å²) in [5.74, 6) is -0.0552. The Morgan fingerprint density at radius 1 is 0.976 bits per heavy atom. The van der Waals surface area contributed by atoms with Gasteiger partial charge >= 0.3 is 12.1 Å². The molecule has 6 rings (SSSR count). The van der Waals surface area contributed by atoms with E-state index in [9.17, 15) is 28.2 Å². The van der Waals surface area contributed by atoms with E-state index < -0.39 is 29.4 Å². The van der Waals surface area contributed by atoms with Crippen LogP contribution in [0.15, 0.2) is 60.7 Å². The summed E-state index contributed by atoms with van der Waals surface area (Å²) in [7, 11) is 0. The second kappa shape index (κ2) is 10.7. The Balaban J connectivity index is 1.21. The summed E-state index contributed by atoms with van der Waals surface area (Å²) < 4.78 is 59.7. The lowest BCUT2D eigenvalue weighted by Crippen LogP contribution is -2.41. The fourth-order valence-electron chi connectivity index (χ4n) is 5.98. The molecule has 1 saturated carbocycles. The number of aliphatic hydroxyl groups is 1.